The number of aromatic nitrogens is 2. The molecular formula is C15H21ClN2. The van der Waals surface area contributed by atoms with Crippen LogP contribution in [-0.4, -0.2) is 9.97 Å². The number of nitrogens with zero attached hydrogens (tertiary/aromatic N) is 1. The van der Waals surface area contributed by atoms with Crippen LogP contribution in [0.2, 0.25) is 5.02 Å². The molecule has 0 aliphatic heterocycles. The van der Waals surface area contributed by atoms with Crippen LogP contribution in [0.1, 0.15) is 39.9 Å². The summed E-state index contributed by atoms with van der Waals surface area (Å²) in [6, 6.07) is 5.78. The lowest BCUT2D eigenvalue weighted by Gasteiger charge is -2.22. The highest BCUT2D eigenvalue weighted by Crippen LogP contribution is 2.26. The predicted octanol–water partition coefficient (Wildman–Crippen LogP) is 4.83. The van der Waals surface area contributed by atoms with Gasteiger partial charge in [-0.25, -0.2) is 4.98 Å². The van der Waals surface area contributed by atoms with Gasteiger partial charge in [0.25, 0.3) is 0 Å². The first-order chi connectivity index (χ1) is 8.33. The van der Waals surface area contributed by atoms with Crippen LogP contribution in [0, 0.1) is 11.3 Å². The van der Waals surface area contributed by atoms with Crippen LogP contribution in [0.15, 0.2) is 18.2 Å². The number of aromatic amines is 1. The Hall–Kier alpha value is -1.02. The van der Waals surface area contributed by atoms with E-state index in [-0.39, 0.29) is 0 Å². The van der Waals surface area contributed by atoms with Gasteiger partial charge in [-0.3, -0.25) is 0 Å². The Labute approximate surface area is 114 Å². The molecule has 0 unspecified atom stereocenters. The van der Waals surface area contributed by atoms with Crippen molar-refractivity contribution in [3.05, 3.63) is 29.0 Å². The summed E-state index contributed by atoms with van der Waals surface area (Å²) in [4.78, 5) is 7.97. The molecule has 18 heavy (non-hydrogen) atoms. The summed E-state index contributed by atoms with van der Waals surface area (Å²) in [5, 5.41) is 0.750. The van der Waals surface area contributed by atoms with Crippen molar-refractivity contribution in [2.75, 3.05) is 0 Å². The van der Waals surface area contributed by atoms with E-state index in [2.05, 4.69) is 37.7 Å². The molecule has 3 heteroatoms. The smallest absolute Gasteiger partial charge is 0.107 e. The van der Waals surface area contributed by atoms with Gasteiger partial charge in [-0.15, -0.1) is 0 Å². The minimum atomic E-state index is 0.370. The molecule has 0 bridgehead atoms. The maximum Gasteiger partial charge on any atom is 0.107 e. The second-order valence-electron chi connectivity index (χ2n) is 6.42. The Morgan fingerprint density at radius 2 is 2.06 bits per heavy atom. The normalized spacial score (nSPS) is 14.1. The molecule has 0 aliphatic carbocycles. The van der Waals surface area contributed by atoms with Gasteiger partial charge in [0.05, 0.1) is 11.0 Å². The fourth-order valence-electron chi connectivity index (χ4n) is 2.58. The van der Waals surface area contributed by atoms with Gasteiger partial charge in [0.2, 0.25) is 0 Å². The number of benzene rings is 1. The molecule has 0 saturated carbocycles. The molecule has 0 fully saturated rings. The molecule has 1 N–H and O–H groups in total. The maximum atomic E-state index is 5.97. The van der Waals surface area contributed by atoms with Gasteiger partial charge in [0.1, 0.15) is 5.82 Å². The van der Waals surface area contributed by atoms with E-state index in [0.717, 1.165) is 28.3 Å². The zero-order valence-corrected chi connectivity index (χ0v) is 12.3. The van der Waals surface area contributed by atoms with Crippen molar-refractivity contribution in [1.29, 1.82) is 0 Å². The predicted molar refractivity (Wildman–Crippen MR) is 78.0 cm³/mol. The molecule has 1 heterocycles. The third kappa shape index (κ3) is 3.49. The Morgan fingerprint density at radius 3 is 2.72 bits per heavy atom. The van der Waals surface area contributed by atoms with Crippen LogP contribution < -0.4 is 0 Å². The summed E-state index contributed by atoms with van der Waals surface area (Å²) in [5.74, 6) is 1.69. The summed E-state index contributed by atoms with van der Waals surface area (Å²) in [5.41, 5.74) is 2.40. The van der Waals surface area contributed by atoms with Crippen molar-refractivity contribution < 1.29 is 0 Å². The summed E-state index contributed by atoms with van der Waals surface area (Å²) >= 11 is 5.97. The van der Waals surface area contributed by atoms with Gasteiger partial charge in [-0.1, -0.05) is 39.3 Å². The zero-order chi connectivity index (χ0) is 13.3. The van der Waals surface area contributed by atoms with Gasteiger partial charge in [0, 0.05) is 11.4 Å². The zero-order valence-electron chi connectivity index (χ0n) is 11.5. The number of H-pyrrole nitrogens is 1. The fraction of sp³-hybridized carbons (Fsp3) is 0.533. The molecule has 1 aromatic heterocycles. The molecule has 2 nitrogen and oxygen atoms in total. The van der Waals surface area contributed by atoms with Crippen LogP contribution in [0.3, 0.4) is 0 Å². The van der Waals surface area contributed by atoms with E-state index in [1.54, 1.807) is 0 Å². The largest absolute Gasteiger partial charge is 0.342 e. The number of hydrogen-bond donors (Lipinski definition) is 1. The van der Waals surface area contributed by atoms with Crippen molar-refractivity contribution in [3.8, 4) is 0 Å². The minimum Gasteiger partial charge on any atom is -0.342 e. The highest BCUT2D eigenvalue weighted by Gasteiger charge is 2.16. The van der Waals surface area contributed by atoms with Crippen molar-refractivity contribution in [3.63, 3.8) is 0 Å². The van der Waals surface area contributed by atoms with Gasteiger partial charge in [-0.2, -0.15) is 0 Å². The fourth-order valence-corrected chi connectivity index (χ4v) is 2.75. The first-order valence-electron chi connectivity index (χ1n) is 6.48. The summed E-state index contributed by atoms with van der Waals surface area (Å²) in [6.45, 7) is 9.12. The van der Waals surface area contributed by atoms with Crippen LogP contribution in [0.5, 0.6) is 0 Å². The van der Waals surface area contributed by atoms with Gasteiger partial charge in [0.15, 0.2) is 0 Å². The summed E-state index contributed by atoms with van der Waals surface area (Å²) in [6.07, 6.45) is 2.19. The van der Waals surface area contributed by atoms with Crippen molar-refractivity contribution in [2.45, 2.75) is 40.5 Å². The molecule has 98 valence electrons. The Bertz CT molecular complexity index is 537. The third-order valence-corrected chi connectivity index (χ3v) is 3.23. The Morgan fingerprint density at radius 1 is 1.33 bits per heavy atom. The van der Waals surface area contributed by atoms with E-state index in [0.29, 0.717) is 11.3 Å². The van der Waals surface area contributed by atoms with E-state index in [4.69, 9.17) is 11.6 Å². The molecule has 0 radical (unpaired) electrons. The molecule has 0 aliphatic rings. The SMILES string of the molecule is C[C@@H](Cc1nc2ccc(Cl)cc2[nH]1)CC(C)(C)C. The second kappa shape index (κ2) is 4.93. The molecule has 1 atom stereocenters. The van der Waals surface area contributed by atoms with E-state index in [9.17, 15) is 0 Å². The van der Waals surface area contributed by atoms with E-state index in [1.165, 1.54) is 6.42 Å². The Balaban J connectivity index is 2.12. The molecule has 1 aromatic carbocycles. The number of rotatable bonds is 3. The number of nitrogens with one attached hydrogen (secondary N) is 1. The minimum absolute atomic E-state index is 0.370. The lowest BCUT2D eigenvalue weighted by atomic mass is 9.84. The quantitative estimate of drug-likeness (QED) is 0.845. The van der Waals surface area contributed by atoms with Crippen molar-refractivity contribution in [1.82, 2.24) is 9.97 Å². The number of imidazole rings is 1. The average Bonchev–Trinajstić information content (AvgIpc) is 2.55. The second-order valence-corrected chi connectivity index (χ2v) is 6.86. The summed E-state index contributed by atoms with van der Waals surface area (Å²) < 4.78 is 0. The topological polar surface area (TPSA) is 28.7 Å². The van der Waals surface area contributed by atoms with Crippen LogP contribution in [0.4, 0.5) is 0 Å². The van der Waals surface area contributed by atoms with Crippen molar-refractivity contribution >= 4 is 22.6 Å². The first kappa shape index (κ1) is 13.4. The number of hydrogen-bond acceptors (Lipinski definition) is 1. The molecular weight excluding hydrogens is 244 g/mol. The number of fused-ring (bicyclic) bond motifs is 1. The molecule has 2 rings (SSSR count). The molecule has 2 aromatic rings. The van der Waals surface area contributed by atoms with Gasteiger partial charge >= 0.3 is 0 Å². The highest BCUT2D eigenvalue weighted by molar-refractivity contribution is 6.31. The van der Waals surface area contributed by atoms with Gasteiger partial charge < -0.3 is 4.98 Å². The molecule has 0 spiro atoms. The maximum absolute atomic E-state index is 5.97. The van der Waals surface area contributed by atoms with Crippen LogP contribution in [0.25, 0.3) is 11.0 Å². The third-order valence-electron chi connectivity index (χ3n) is 3.00. The lowest BCUT2D eigenvalue weighted by Crippen LogP contribution is -2.13. The standard InChI is InChI=1S/C15H21ClN2/c1-10(9-15(2,3)4)7-14-17-12-6-5-11(16)8-13(12)18-14/h5-6,8,10H,7,9H2,1-4H3,(H,17,18)/t10-/m0/s1. The van der Waals surface area contributed by atoms with E-state index < -0.39 is 0 Å². The molecule has 0 saturated heterocycles. The van der Waals surface area contributed by atoms with Crippen LogP contribution >= 0.6 is 11.6 Å². The van der Waals surface area contributed by atoms with E-state index >= 15 is 0 Å². The number of halogens is 1. The average molecular weight is 265 g/mol. The lowest BCUT2D eigenvalue weighted by molar-refractivity contribution is 0.304. The highest BCUT2D eigenvalue weighted by atomic mass is 35.5. The van der Waals surface area contributed by atoms with E-state index in [1.807, 2.05) is 18.2 Å². The summed E-state index contributed by atoms with van der Waals surface area (Å²) in [7, 11) is 0. The van der Waals surface area contributed by atoms with Crippen molar-refractivity contribution in [2.24, 2.45) is 11.3 Å². The monoisotopic (exact) mass is 264 g/mol. The Kier molecular flexibility index (Phi) is 3.67. The molecule has 0 amide bonds. The first-order valence-corrected chi connectivity index (χ1v) is 6.85. The van der Waals surface area contributed by atoms with Crippen LogP contribution in [-0.2, 0) is 6.42 Å². The van der Waals surface area contributed by atoms with Gasteiger partial charge in [-0.05, 0) is 36.0 Å².